The molecule has 276 valence electrons. The Balaban J connectivity index is 1.21. The van der Waals surface area contributed by atoms with Gasteiger partial charge in [0.05, 0.1) is 44.2 Å². The second-order valence-corrected chi connectivity index (χ2v) is 16.4. The largest absolute Gasteiger partial charge is 0.308 e. The highest BCUT2D eigenvalue weighted by atomic mass is 32.1. The third kappa shape index (κ3) is 4.28. The van der Waals surface area contributed by atoms with E-state index in [4.69, 9.17) is 9.97 Å². The maximum Gasteiger partial charge on any atom is 0.238 e. The first kappa shape index (κ1) is 32.5. The number of rotatable bonds is 5. The monoisotopic (exact) mass is 771 g/mol. The van der Waals surface area contributed by atoms with Crippen LogP contribution >= 0.6 is 11.3 Å². The maximum atomic E-state index is 5.71. The van der Waals surface area contributed by atoms with Gasteiger partial charge in [-0.25, -0.2) is 4.98 Å². The highest BCUT2D eigenvalue weighted by Gasteiger charge is 2.27. The van der Waals surface area contributed by atoms with Gasteiger partial charge in [0, 0.05) is 53.4 Å². The molecule has 0 atom stereocenters. The topological polar surface area (TPSA) is 40.0 Å². The van der Waals surface area contributed by atoms with Gasteiger partial charge in [0.25, 0.3) is 0 Å². The third-order valence-electron chi connectivity index (χ3n) is 12.3. The zero-order valence-corrected chi connectivity index (χ0v) is 32.8. The summed E-state index contributed by atoms with van der Waals surface area (Å²) in [4.78, 5) is 12.2. The molecule has 0 bridgehead atoms. The fourth-order valence-corrected chi connectivity index (χ4v) is 11.0. The zero-order valence-electron chi connectivity index (χ0n) is 32.0. The standard InChI is InChI=1S/C53H33N5S/c1-3-16-40-33(4-2)34-19-8-12-23-41(34)57(40)51-49-38-22-11-15-26-46(38)59-52(49)55-53(54-51)58-43-25-14-9-20-36(43)47-45(58)30-39-35-28-27-32(31-17-6-5-7-18-31)29-44(35)56-42-24-13-10-21-37(42)48(47)50(39)56/h3-30H,2H2,1H3/b16-3-. The number of hydrogen-bond donors (Lipinski definition) is 0. The second kappa shape index (κ2) is 12.0. The van der Waals surface area contributed by atoms with Crippen molar-refractivity contribution in [1.29, 1.82) is 0 Å². The molecule has 5 nitrogen and oxygen atoms in total. The molecule has 13 rings (SSSR count). The van der Waals surface area contributed by atoms with Crippen molar-refractivity contribution in [2.24, 2.45) is 0 Å². The Kier molecular flexibility index (Phi) is 6.61. The minimum atomic E-state index is 0.641. The van der Waals surface area contributed by atoms with Gasteiger partial charge >= 0.3 is 0 Å². The molecular weight excluding hydrogens is 739 g/mol. The molecule has 0 spiro atoms. The first-order valence-electron chi connectivity index (χ1n) is 20.0. The van der Waals surface area contributed by atoms with Gasteiger partial charge in [-0.2, -0.15) is 4.98 Å². The maximum absolute atomic E-state index is 5.71. The second-order valence-electron chi connectivity index (χ2n) is 15.3. The summed E-state index contributed by atoms with van der Waals surface area (Å²) in [6.07, 6.45) is 6.24. The molecule has 6 heteroatoms. The summed E-state index contributed by atoms with van der Waals surface area (Å²) >= 11 is 1.72. The summed E-state index contributed by atoms with van der Waals surface area (Å²) in [5, 5.41) is 10.6. The molecular formula is C53H33N5S. The van der Waals surface area contributed by atoms with Crippen LogP contribution in [0.25, 0.3) is 126 Å². The summed E-state index contributed by atoms with van der Waals surface area (Å²) in [6.45, 7) is 6.34. The number of hydrogen-bond acceptors (Lipinski definition) is 3. The number of benzene rings is 7. The van der Waals surface area contributed by atoms with Crippen LogP contribution in [0.4, 0.5) is 0 Å². The molecule has 59 heavy (non-hydrogen) atoms. The van der Waals surface area contributed by atoms with Crippen molar-refractivity contribution in [3.05, 3.63) is 176 Å². The van der Waals surface area contributed by atoms with Crippen molar-refractivity contribution in [2.45, 2.75) is 6.92 Å². The van der Waals surface area contributed by atoms with E-state index in [9.17, 15) is 0 Å². The van der Waals surface area contributed by atoms with Gasteiger partial charge in [-0.05, 0) is 60.5 Å². The molecule has 0 saturated heterocycles. The summed E-state index contributed by atoms with van der Waals surface area (Å²) in [6, 6.07) is 54.8. The van der Waals surface area contributed by atoms with E-state index in [1.54, 1.807) is 11.3 Å². The van der Waals surface area contributed by atoms with Crippen molar-refractivity contribution in [3.63, 3.8) is 0 Å². The quantitative estimate of drug-likeness (QED) is 0.175. The summed E-state index contributed by atoms with van der Waals surface area (Å²) in [5.74, 6) is 1.49. The number of allylic oxidation sites excluding steroid dienone is 1. The van der Waals surface area contributed by atoms with Gasteiger partial charge < -0.3 is 4.40 Å². The minimum Gasteiger partial charge on any atom is -0.308 e. The van der Waals surface area contributed by atoms with Crippen molar-refractivity contribution < 1.29 is 0 Å². The number of aromatic nitrogens is 5. The number of para-hydroxylation sites is 3. The van der Waals surface area contributed by atoms with Crippen LogP contribution in [-0.2, 0) is 0 Å². The highest BCUT2D eigenvalue weighted by Crippen LogP contribution is 2.48. The molecule has 6 heterocycles. The summed E-state index contributed by atoms with van der Waals surface area (Å²) in [5.41, 5.74) is 11.4. The van der Waals surface area contributed by atoms with Crippen molar-refractivity contribution in [1.82, 2.24) is 23.5 Å². The normalized spacial score (nSPS) is 12.5. The van der Waals surface area contributed by atoms with Crippen LogP contribution in [0.3, 0.4) is 0 Å². The lowest BCUT2D eigenvalue weighted by Crippen LogP contribution is -2.07. The summed E-state index contributed by atoms with van der Waals surface area (Å²) in [7, 11) is 0. The van der Waals surface area contributed by atoms with E-state index in [0.29, 0.717) is 5.95 Å². The van der Waals surface area contributed by atoms with Gasteiger partial charge in [0.1, 0.15) is 4.83 Å². The van der Waals surface area contributed by atoms with Crippen molar-refractivity contribution >= 4 is 115 Å². The number of fused-ring (bicyclic) bond motifs is 14. The van der Waals surface area contributed by atoms with Gasteiger partial charge in [-0.15, -0.1) is 11.3 Å². The SMILES string of the molecule is C=Cc1c(/C=C\C)n(-c2nc(-n3c4ccccc4c4c5c6ccccc6n6c7cc(-c8ccccc8)ccc7c(cc43)c56)nc3sc4ccccc4c23)c2ccccc12. The molecule has 0 saturated carbocycles. The van der Waals surface area contributed by atoms with Gasteiger partial charge in [0.15, 0.2) is 5.82 Å². The molecule has 0 N–H and O–H groups in total. The Bertz CT molecular complexity index is 3930. The molecule has 7 aromatic carbocycles. The lowest BCUT2D eigenvalue weighted by atomic mass is 10.0. The summed E-state index contributed by atoms with van der Waals surface area (Å²) < 4.78 is 8.30. The fourth-order valence-electron chi connectivity index (χ4n) is 9.94. The van der Waals surface area contributed by atoms with Crippen molar-refractivity contribution in [3.8, 4) is 22.9 Å². The average molecular weight is 772 g/mol. The molecule has 0 fully saturated rings. The van der Waals surface area contributed by atoms with E-state index in [1.807, 2.05) is 6.08 Å². The smallest absolute Gasteiger partial charge is 0.238 e. The van der Waals surface area contributed by atoms with Crippen molar-refractivity contribution in [2.75, 3.05) is 0 Å². The predicted molar refractivity (Wildman–Crippen MR) is 251 cm³/mol. The van der Waals surface area contributed by atoms with E-state index < -0.39 is 0 Å². The Morgan fingerprint density at radius 2 is 1.20 bits per heavy atom. The predicted octanol–water partition coefficient (Wildman–Crippen LogP) is 14.4. The van der Waals surface area contributed by atoms with Crippen LogP contribution in [0.5, 0.6) is 0 Å². The van der Waals surface area contributed by atoms with Crippen LogP contribution in [0.2, 0.25) is 0 Å². The van der Waals surface area contributed by atoms with E-state index in [0.717, 1.165) is 54.6 Å². The molecule has 0 amide bonds. The third-order valence-corrected chi connectivity index (χ3v) is 13.4. The first-order valence-corrected chi connectivity index (χ1v) is 20.8. The molecule has 0 aliphatic carbocycles. The molecule has 0 aliphatic rings. The van der Waals surface area contributed by atoms with Crippen LogP contribution in [0, 0.1) is 0 Å². The van der Waals surface area contributed by atoms with Crippen LogP contribution < -0.4 is 0 Å². The Hall–Kier alpha value is -7.54. The first-order chi connectivity index (χ1) is 29.2. The Labute approximate surface area is 342 Å². The van der Waals surface area contributed by atoms with Crippen LogP contribution in [0.1, 0.15) is 18.2 Å². The van der Waals surface area contributed by atoms with Gasteiger partial charge in [-0.3, -0.25) is 9.13 Å². The zero-order chi connectivity index (χ0) is 38.9. The molecule has 0 unspecified atom stereocenters. The molecule has 0 radical (unpaired) electrons. The van der Waals surface area contributed by atoms with Crippen LogP contribution in [0.15, 0.2) is 164 Å². The van der Waals surface area contributed by atoms with Gasteiger partial charge in [0.2, 0.25) is 5.95 Å². The number of nitrogens with zero attached hydrogens (tertiary/aromatic N) is 5. The van der Waals surface area contributed by atoms with E-state index in [2.05, 4.69) is 191 Å². The Morgan fingerprint density at radius 3 is 1.98 bits per heavy atom. The van der Waals surface area contributed by atoms with E-state index >= 15 is 0 Å². The molecule has 13 aromatic rings. The number of thiophene rings is 1. The average Bonchev–Trinajstić information content (AvgIpc) is 4.08. The fraction of sp³-hybridized carbons (Fsp3) is 0.0189. The Morgan fingerprint density at radius 1 is 0.525 bits per heavy atom. The minimum absolute atomic E-state index is 0.641. The highest BCUT2D eigenvalue weighted by molar-refractivity contribution is 7.25. The van der Waals surface area contributed by atoms with E-state index in [1.165, 1.54) is 64.7 Å². The lowest BCUT2D eigenvalue weighted by molar-refractivity contribution is 0.960. The lowest BCUT2D eigenvalue weighted by Gasteiger charge is -2.14. The molecule has 6 aromatic heterocycles. The van der Waals surface area contributed by atoms with E-state index in [-0.39, 0.29) is 0 Å². The van der Waals surface area contributed by atoms with Crippen LogP contribution in [-0.4, -0.2) is 23.5 Å². The molecule has 0 aliphatic heterocycles. The van der Waals surface area contributed by atoms with Gasteiger partial charge in [-0.1, -0.05) is 134 Å².